The Balaban J connectivity index is 3.27. The number of aliphatic carboxylic acids is 1. The first-order valence-corrected chi connectivity index (χ1v) is 4.31. The number of ether oxygens (including phenoxy) is 1. The fourth-order valence-electron chi connectivity index (χ4n) is 1.23. The monoisotopic (exact) mass is 210 g/mol. The minimum absolute atomic E-state index is 0.0555. The largest absolute Gasteiger partial charge is 0.496 e. The molecule has 0 saturated carbocycles. The Morgan fingerprint density at radius 3 is 2.53 bits per heavy atom. The van der Waals surface area contributed by atoms with Gasteiger partial charge in [-0.2, -0.15) is 4.39 Å². The molecule has 0 amide bonds. The van der Waals surface area contributed by atoms with Crippen LogP contribution in [0.3, 0.4) is 0 Å². The Morgan fingerprint density at radius 1 is 1.40 bits per heavy atom. The van der Waals surface area contributed by atoms with Gasteiger partial charge in [0.1, 0.15) is 5.75 Å². The number of benzene rings is 1. The summed E-state index contributed by atoms with van der Waals surface area (Å²) in [5.41, 5.74) is 0.500. The molecule has 0 unspecified atom stereocenters. The smallest absolute Gasteiger partial charge is 0.365 e. The van der Waals surface area contributed by atoms with Crippen molar-refractivity contribution in [3.05, 3.63) is 35.7 Å². The summed E-state index contributed by atoms with van der Waals surface area (Å²) in [6.45, 7) is 1.40. The van der Waals surface area contributed by atoms with E-state index < -0.39 is 11.8 Å². The molecular weight excluding hydrogens is 199 g/mol. The van der Waals surface area contributed by atoms with E-state index in [0.29, 0.717) is 11.3 Å². The van der Waals surface area contributed by atoms with Crippen LogP contribution in [0.15, 0.2) is 30.1 Å². The van der Waals surface area contributed by atoms with Crippen LogP contribution >= 0.6 is 0 Å². The van der Waals surface area contributed by atoms with Crippen molar-refractivity contribution in [3.8, 4) is 5.75 Å². The number of para-hydroxylation sites is 1. The molecule has 0 fully saturated rings. The highest BCUT2D eigenvalue weighted by molar-refractivity contribution is 5.94. The zero-order valence-electron chi connectivity index (χ0n) is 8.45. The van der Waals surface area contributed by atoms with E-state index in [9.17, 15) is 9.18 Å². The van der Waals surface area contributed by atoms with E-state index in [4.69, 9.17) is 9.84 Å². The van der Waals surface area contributed by atoms with E-state index in [1.165, 1.54) is 14.0 Å². The molecule has 0 spiro atoms. The third-order valence-corrected chi connectivity index (χ3v) is 2.03. The van der Waals surface area contributed by atoms with Crippen LogP contribution < -0.4 is 4.74 Å². The number of allylic oxidation sites excluding steroid dienone is 1. The fraction of sp³-hybridized carbons (Fsp3) is 0.182. The van der Waals surface area contributed by atoms with Crippen molar-refractivity contribution in [2.75, 3.05) is 7.11 Å². The molecule has 0 aromatic heterocycles. The quantitative estimate of drug-likeness (QED) is 0.779. The summed E-state index contributed by atoms with van der Waals surface area (Å²) in [5, 5.41) is 8.50. The molecule has 1 N–H and O–H groups in total. The number of carboxylic acids is 1. The third-order valence-electron chi connectivity index (χ3n) is 2.03. The molecule has 1 aromatic carbocycles. The van der Waals surface area contributed by atoms with Crippen LogP contribution in [0.25, 0.3) is 5.57 Å². The molecule has 0 heterocycles. The van der Waals surface area contributed by atoms with E-state index in [1.54, 1.807) is 24.3 Å². The van der Waals surface area contributed by atoms with Gasteiger partial charge in [-0.05, 0) is 13.0 Å². The van der Waals surface area contributed by atoms with E-state index in [1.807, 2.05) is 0 Å². The summed E-state index contributed by atoms with van der Waals surface area (Å²) in [4.78, 5) is 10.4. The van der Waals surface area contributed by atoms with Crippen LogP contribution in [0.4, 0.5) is 4.39 Å². The maximum atomic E-state index is 13.1. The first-order valence-electron chi connectivity index (χ1n) is 4.31. The first-order chi connectivity index (χ1) is 7.07. The van der Waals surface area contributed by atoms with E-state index in [-0.39, 0.29) is 5.57 Å². The average Bonchev–Trinajstić information content (AvgIpc) is 2.26. The van der Waals surface area contributed by atoms with Gasteiger partial charge >= 0.3 is 5.97 Å². The van der Waals surface area contributed by atoms with Gasteiger partial charge in [-0.25, -0.2) is 4.79 Å². The lowest BCUT2D eigenvalue weighted by Gasteiger charge is -2.08. The van der Waals surface area contributed by atoms with Crippen LogP contribution in [0, 0.1) is 0 Å². The maximum absolute atomic E-state index is 13.1. The van der Waals surface area contributed by atoms with Gasteiger partial charge in [-0.15, -0.1) is 0 Å². The molecule has 0 radical (unpaired) electrons. The predicted octanol–water partition coefficient (Wildman–Crippen LogP) is 2.48. The van der Waals surface area contributed by atoms with Crippen molar-refractivity contribution in [1.29, 1.82) is 0 Å². The van der Waals surface area contributed by atoms with Crippen molar-refractivity contribution < 1.29 is 19.0 Å². The molecule has 4 heteroatoms. The first kappa shape index (κ1) is 11.2. The van der Waals surface area contributed by atoms with E-state index in [0.717, 1.165) is 0 Å². The van der Waals surface area contributed by atoms with Crippen LogP contribution in [-0.2, 0) is 4.79 Å². The zero-order chi connectivity index (χ0) is 11.4. The van der Waals surface area contributed by atoms with Crippen molar-refractivity contribution in [2.45, 2.75) is 6.92 Å². The summed E-state index contributed by atoms with van der Waals surface area (Å²) in [7, 11) is 1.45. The van der Waals surface area contributed by atoms with Crippen molar-refractivity contribution in [2.24, 2.45) is 0 Å². The van der Waals surface area contributed by atoms with E-state index >= 15 is 0 Å². The number of hydrogen-bond donors (Lipinski definition) is 1. The summed E-state index contributed by atoms with van der Waals surface area (Å²) in [5.74, 6) is -2.29. The number of methoxy groups -OCH3 is 1. The SMILES string of the molecule is COc1ccccc1C(C)=C(F)C(=O)O. The molecular formula is C11H11FO3. The van der Waals surface area contributed by atoms with E-state index in [2.05, 4.69) is 0 Å². The minimum atomic E-state index is -1.57. The minimum Gasteiger partial charge on any atom is -0.496 e. The highest BCUT2D eigenvalue weighted by Crippen LogP contribution is 2.27. The van der Waals surface area contributed by atoms with Gasteiger partial charge in [0.25, 0.3) is 0 Å². The lowest BCUT2D eigenvalue weighted by Crippen LogP contribution is -1.99. The maximum Gasteiger partial charge on any atom is 0.365 e. The van der Waals surface area contributed by atoms with Gasteiger partial charge in [-0.3, -0.25) is 0 Å². The van der Waals surface area contributed by atoms with Gasteiger partial charge in [0.15, 0.2) is 0 Å². The second-order valence-corrected chi connectivity index (χ2v) is 2.94. The highest BCUT2D eigenvalue weighted by atomic mass is 19.1. The molecule has 0 aliphatic carbocycles. The predicted molar refractivity (Wildman–Crippen MR) is 54.3 cm³/mol. The molecule has 0 bridgehead atoms. The molecule has 0 atom stereocenters. The van der Waals surface area contributed by atoms with Gasteiger partial charge in [0, 0.05) is 11.1 Å². The van der Waals surface area contributed by atoms with Crippen LogP contribution in [0.1, 0.15) is 12.5 Å². The zero-order valence-corrected chi connectivity index (χ0v) is 8.45. The number of carbonyl (C=O) groups is 1. The molecule has 0 aliphatic heterocycles. The Kier molecular flexibility index (Phi) is 3.44. The standard InChI is InChI=1S/C11H11FO3/c1-7(10(12)11(13)14)8-5-3-4-6-9(8)15-2/h3-6H,1-2H3,(H,13,14). The second kappa shape index (κ2) is 4.59. The summed E-state index contributed by atoms with van der Waals surface area (Å²) < 4.78 is 18.1. The summed E-state index contributed by atoms with van der Waals surface area (Å²) >= 11 is 0. The van der Waals surface area contributed by atoms with Crippen molar-refractivity contribution in [3.63, 3.8) is 0 Å². The Bertz CT molecular complexity index is 410. The molecule has 1 rings (SSSR count). The average molecular weight is 210 g/mol. The van der Waals surface area contributed by atoms with Crippen molar-refractivity contribution >= 4 is 11.5 Å². The number of halogens is 1. The van der Waals surface area contributed by atoms with Crippen LogP contribution in [0.5, 0.6) is 5.75 Å². The van der Waals surface area contributed by atoms with Gasteiger partial charge < -0.3 is 9.84 Å². The topological polar surface area (TPSA) is 46.5 Å². The van der Waals surface area contributed by atoms with Crippen LogP contribution in [-0.4, -0.2) is 18.2 Å². The lowest BCUT2D eigenvalue weighted by atomic mass is 10.1. The molecule has 15 heavy (non-hydrogen) atoms. The normalized spacial score (nSPS) is 11.9. The lowest BCUT2D eigenvalue weighted by molar-refractivity contribution is -0.134. The van der Waals surface area contributed by atoms with Gasteiger partial charge in [0.05, 0.1) is 7.11 Å². The Hall–Kier alpha value is -1.84. The van der Waals surface area contributed by atoms with Gasteiger partial charge in [0.2, 0.25) is 5.83 Å². The highest BCUT2D eigenvalue weighted by Gasteiger charge is 2.14. The summed E-state index contributed by atoms with van der Waals surface area (Å²) in [6.07, 6.45) is 0. The molecule has 3 nitrogen and oxygen atoms in total. The van der Waals surface area contributed by atoms with Crippen LogP contribution in [0.2, 0.25) is 0 Å². The molecule has 0 saturated heterocycles. The summed E-state index contributed by atoms with van der Waals surface area (Å²) in [6, 6.07) is 6.68. The number of carboxylic acid groups (broad SMARTS) is 1. The molecule has 0 aliphatic rings. The van der Waals surface area contributed by atoms with Crippen molar-refractivity contribution in [1.82, 2.24) is 0 Å². The second-order valence-electron chi connectivity index (χ2n) is 2.94. The molecule has 80 valence electrons. The number of hydrogen-bond acceptors (Lipinski definition) is 2. The fourth-order valence-corrected chi connectivity index (χ4v) is 1.23. The Labute approximate surface area is 86.8 Å². The molecule has 1 aromatic rings. The Morgan fingerprint density at radius 2 is 2.00 bits per heavy atom. The van der Waals surface area contributed by atoms with Gasteiger partial charge in [-0.1, -0.05) is 18.2 Å². The number of rotatable bonds is 3. The third kappa shape index (κ3) is 2.34.